The lowest BCUT2D eigenvalue weighted by Gasteiger charge is -1.96. The van der Waals surface area contributed by atoms with Gasteiger partial charge in [0.25, 0.3) is 0 Å². The molecular weight excluding hydrogens is 112 g/mol. The number of rotatable bonds is 3. The topological polar surface area (TPSA) is 24.1 Å². The highest BCUT2D eigenvalue weighted by Crippen LogP contribution is 1.86. The maximum Gasteiger partial charge on any atom is 0.0308 e. The normalized spacial score (nSPS) is 12.1. The van der Waals surface area contributed by atoms with Gasteiger partial charge in [-0.2, -0.15) is 0 Å². The average Bonchev–Trinajstić information content (AvgIpc) is 1.91. The van der Waals surface area contributed by atoms with E-state index in [9.17, 15) is 0 Å². The van der Waals surface area contributed by atoms with Gasteiger partial charge in [-0.1, -0.05) is 6.08 Å². The highest BCUT2D eigenvalue weighted by molar-refractivity contribution is 5.14. The van der Waals surface area contributed by atoms with Crippen molar-refractivity contribution in [3.8, 4) is 0 Å². The van der Waals surface area contributed by atoms with E-state index in [-0.39, 0.29) is 0 Å². The maximum absolute atomic E-state index is 3.02. The van der Waals surface area contributed by atoms with E-state index in [0.29, 0.717) is 0 Å². The molecule has 0 unspecified atom stereocenters. The highest BCUT2D eigenvalue weighted by atomic mass is 14.8. The molecule has 0 radical (unpaired) electrons. The molecule has 0 bridgehead atoms. The van der Waals surface area contributed by atoms with Crippen molar-refractivity contribution >= 4 is 0 Å². The third-order valence-corrected chi connectivity index (χ3v) is 1.03. The average molecular weight is 126 g/mol. The zero-order valence-electron chi connectivity index (χ0n) is 6.23. The van der Waals surface area contributed by atoms with E-state index in [1.165, 1.54) is 0 Å². The number of likely N-dealkylation sites (N-methyl/N-ethyl adjacent to an activating group) is 1. The third kappa shape index (κ3) is 3.64. The Morgan fingerprint density at radius 2 is 2.00 bits per heavy atom. The molecule has 0 aliphatic heterocycles. The van der Waals surface area contributed by atoms with Crippen LogP contribution in [0.3, 0.4) is 0 Å². The van der Waals surface area contributed by atoms with Gasteiger partial charge in [-0.3, -0.25) is 0 Å². The lowest BCUT2D eigenvalue weighted by atomic mass is 10.4. The lowest BCUT2D eigenvalue weighted by molar-refractivity contribution is 1.01. The minimum absolute atomic E-state index is 1.12. The van der Waals surface area contributed by atoms with Crippen LogP contribution in [0.4, 0.5) is 0 Å². The van der Waals surface area contributed by atoms with Crippen molar-refractivity contribution in [3.63, 3.8) is 0 Å². The molecule has 0 aromatic rings. The highest BCUT2D eigenvalue weighted by Gasteiger charge is 1.78. The molecule has 0 saturated carbocycles. The van der Waals surface area contributed by atoms with Crippen LogP contribution in [-0.2, 0) is 0 Å². The summed E-state index contributed by atoms with van der Waals surface area (Å²) in [6, 6.07) is 0. The number of allylic oxidation sites excluding steroid dienone is 2. The summed E-state index contributed by atoms with van der Waals surface area (Å²) < 4.78 is 0. The summed E-state index contributed by atoms with van der Waals surface area (Å²) in [7, 11) is 3.77. The van der Waals surface area contributed by atoms with E-state index >= 15 is 0 Å². The summed E-state index contributed by atoms with van der Waals surface area (Å²) in [6.07, 6.45) is 5.86. The summed E-state index contributed by atoms with van der Waals surface area (Å²) in [6.45, 7) is 1.99. The molecular formula is C7H14N2. The second-order valence-electron chi connectivity index (χ2n) is 1.62. The van der Waals surface area contributed by atoms with Crippen LogP contribution in [0, 0.1) is 0 Å². The quantitative estimate of drug-likeness (QED) is 0.548. The van der Waals surface area contributed by atoms with Gasteiger partial charge >= 0.3 is 0 Å². The minimum atomic E-state index is 1.12. The molecule has 0 fully saturated rings. The van der Waals surface area contributed by atoms with Gasteiger partial charge in [0.2, 0.25) is 0 Å². The van der Waals surface area contributed by atoms with Gasteiger partial charge in [-0.25, -0.2) is 0 Å². The first-order chi connectivity index (χ1) is 4.35. The van der Waals surface area contributed by atoms with Crippen LogP contribution in [0.1, 0.15) is 6.92 Å². The summed E-state index contributed by atoms with van der Waals surface area (Å²) >= 11 is 0. The van der Waals surface area contributed by atoms with Crippen LogP contribution < -0.4 is 10.6 Å². The van der Waals surface area contributed by atoms with E-state index in [4.69, 9.17) is 0 Å². The molecule has 2 N–H and O–H groups in total. The van der Waals surface area contributed by atoms with Gasteiger partial charge in [0.1, 0.15) is 0 Å². The molecule has 2 nitrogen and oxygen atoms in total. The zero-order chi connectivity index (χ0) is 7.11. The monoisotopic (exact) mass is 126 g/mol. The Balaban J connectivity index is 3.70. The van der Waals surface area contributed by atoms with Gasteiger partial charge < -0.3 is 10.6 Å². The molecule has 0 aliphatic rings. The Hall–Kier alpha value is -0.920. The summed E-state index contributed by atoms with van der Waals surface area (Å²) in [5, 5.41) is 5.93. The molecule has 0 aromatic heterocycles. The van der Waals surface area contributed by atoms with Crippen molar-refractivity contribution in [2.24, 2.45) is 0 Å². The zero-order valence-corrected chi connectivity index (χ0v) is 6.23. The van der Waals surface area contributed by atoms with Crippen LogP contribution in [0.5, 0.6) is 0 Å². The summed E-state index contributed by atoms with van der Waals surface area (Å²) in [4.78, 5) is 0. The van der Waals surface area contributed by atoms with Crippen LogP contribution in [0.25, 0.3) is 0 Å². The van der Waals surface area contributed by atoms with Crippen molar-refractivity contribution in [2.45, 2.75) is 6.92 Å². The summed E-state index contributed by atoms with van der Waals surface area (Å²) in [5.41, 5.74) is 1.12. The Morgan fingerprint density at radius 3 is 2.33 bits per heavy atom. The number of hydrogen-bond acceptors (Lipinski definition) is 2. The van der Waals surface area contributed by atoms with Gasteiger partial charge in [0.15, 0.2) is 0 Å². The molecule has 0 aliphatic carbocycles. The number of hydrogen-bond donors (Lipinski definition) is 2. The maximum atomic E-state index is 3.02. The Morgan fingerprint density at radius 1 is 1.33 bits per heavy atom. The van der Waals surface area contributed by atoms with E-state index in [2.05, 4.69) is 10.6 Å². The molecule has 0 atom stereocenters. The van der Waals surface area contributed by atoms with Gasteiger partial charge in [-0.05, 0) is 19.2 Å². The van der Waals surface area contributed by atoms with E-state index < -0.39 is 0 Å². The fraction of sp³-hybridized carbons (Fsp3) is 0.429. The first kappa shape index (κ1) is 8.08. The van der Waals surface area contributed by atoms with Gasteiger partial charge in [0, 0.05) is 19.8 Å². The van der Waals surface area contributed by atoms with Crippen molar-refractivity contribution in [1.29, 1.82) is 0 Å². The van der Waals surface area contributed by atoms with Gasteiger partial charge in [0.05, 0.1) is 0 Å². The Kier molecular flexibility index (Phi) is 4.69. The summed E-state index contributed by atoms with van der Waals surface area (Å²) in [5.74, 6) is 0. The smallest absolute Gasteiger partial charge is 0.0308 e. The Bertz CT molecular complexity index is 114. The minimum Gasteiger partial charge on any atom is -0.394 e. The fourth-order valence-electron chi connectivity index (χ4n) is 0.497. The first-order valence-electron chi connectivity index (χ1n) is 3.03. The van der Waals surface area contributed by atoms with Crippen molar-refractivity contribution < 1.29 is 0 Å². The van der Waals surface area contributed by atoms with Crippen molar-refractivity contribution in [3.05, 3.63) is 24.0 Å². The van der Waals surface area contributed by atoms with Crippen molar-refractivity contribution in [1.82, 2.24) is 10.6 Å². The van der Waals surface area contributed by atoms with Crippen LogP contribution in [-0.4, -0.2) is 14.1 Å². The van der Waals surface area contributed by atoms with E-state index in [0.717, 1.165) is 5.70 Å². The molecule has 0 aromatic carbocycles. The fourth-order valence-corrected chi connectivity index (χ4v) is 0.497. The van der Waals surface area contributed by atoms with Crippen LogP contribution >= 0.6 is 0 Å². The molecule has 0 amide bonds. The molecule has 52 valence electrons. The van der Waals surface area contributed by atoms with Crippen LogP contribution in [0.2, 0.25) is 0 Å². The van der Waals surface area contributed by atoms with E-state index in [1.807, 2.05) is 39.4 Å². The largest absolute Gasteiger partial charge is 0.394 e. The second kappa shape index (κ2) is 5.22. The molecule has 0 rings (SSSR count). The SMILES string of the molecule is C/C=C(\C=C/NC)NC. The molecule has 9 heavy (non-hydrogen) atoms. The predicted octanol–water partition coefficient (Wildman–Crippen LogP) is 0.843. The standard InChI is InChI=1S/C7H14N2/c1-4-7(9-3)5-6-8-2/h4-6,8-9H,1-3H3/b6-5-,7-4+. The van der Waals surface area contributed by atoms with Gasteiger partial charge in [-0.15, -0.1) is 0 Å². The van der Waals surface area contributed by atoms with Crippen LogP contribution in [0.15, 0.2) is 24.0 Å². The molecule has 2 heteroatoms. The second-order valence-corrected chi connectivity index (χ2v) is 1.62. The number of nitrogens with one attached hydrogen (secondary N) is 2. The molecule has 0 heterocycles. The van der Waals surface area contributed by atoms with E-state index in [1.54, 1.807) is 0 Å². The lowest BCUT2D eigenvalue weighted by Crippen LogP contribution is -2.03. The third-order valence-electron chi connectivity index (χ3n) is 1.03. The molecule has 0 spiro atoms. The Labute approximate surface area is 56.6 Å². The predicted molar refractivity (Wildman–Crippen MR) is 41.0 cm³/mol. The first-order valence-corrected chi connectivity index (χ1v) is 3.03. The molecule has 0 saturated heterocycles. The van der Waals surface area contributed by atoms with Crippen molar-refractivity contribution in [2.75, 3.05) is 14.1 Å².